The molecule has 19 heavy (non-hydrogen) atoms. The summed E-state index contributed by atoms with van der Waals surface area (Å²) in [7, 11) is 0. The van der Waals surface area contributed by atoms with Gasteiger partial charge in [-0.3, -0.25) is 14.5 Å². The molecular formula is C14H17NO4. The number of aldehydes is 1. The van der Waals surface area contributed by atoms with Crippen LogP contribution in [0, 0.1) is 0 Å². The van der Waals surface area contributed by atoms with Crippen LogP contribution in [-0.2, 0) is 4.79 Å². The van der Waals surface area contributed by atoms with Crippen LogP contribution in [0.15, 0.2) is 30.3 Å². The van der Waals surface area contributed by atoms with Crippen LogP contribution in [0.3, 0.4) is 0 Å². The molecule has 0 saturated carbocycles. The molecule has 2 atom stereocenters. The van der Waals surface area contributed by atoms with Gasteiger partial charge in [0.15, 0.2) is 0 Å². The van der Waals surface area contributed by atoms with E-state index in [1.807, 2.05) is 0 Å². The van der Waals surface area contributed by atoms with Crippen molar-refractivity contribution >= 4 is 18.3 Å². The number of aliphatic hydroxyl groups excluding tert-OH is 2. The van der Waals surface area contributed by atoms with Crippen LogP contribution in [0.2, 0.25) is 0 Å². The molecule has 0 aromatic heterocycles. The van der Waals surface area contributed by atoms with Crippen LogP contribution < -0.4 is 0 Å². The molecule has 2 N–H and O–H groups in total. The van der Waals surface area contributed by atoms with Gasteiger partial charge in [-0.05, 0) is 31.6 Å². The SMILES string of the molecule is CC(O)N(C(=O)c1ccccc1/C=C/C=O)C(C)O. The highest BCUT2D eigenvalue weighted by atomic mass is 16.3. The number of hydrogen-bond acceptors (Lipinski definition) is 4. The normalized spacial score (nSPS) is 14.1. The number of aliphatic hydroxyl groups is 2. The number of benzene rings is 1. The fourth-order valence-corrected chi connectivity index (χ4v) is 1.77. The van der Waals surface area contributed by atoms with E-state index in [-0.39, 0.29) is 0 Å². The Balaban J connectivity index is 3.17. The third kappa shape index (κ3) is 3.74. The van der Waals surface area contributed by atoms with Gasteiger partial charge in [0.1, 0.15) is 18.7 Å². The lowest BCUT2D eigenvalue weighted by Gasteiger charge is -2.28. The minimum absolute atomic E-state index is 0.308. The van der Waals surface area contributed by atoms with Crippen molar-refractivity contribution in [3.63, 3.8) is 0 Å². The zero-order valence-electron chi connectivity index (χ0n) is 10.9. The molecule has 0 fully saturated rings. The minimum Gasteiger partial charge on any atom is -0.374 e. The number of rotatable bonds is 5. The van der Waals surface area contributed by atoms with E-state index in [1.54, 1.807) is 24.3 Å². The Morgan fingerprint density at radius 3 is 2.32 bits per heavy atom. The summed E-state index contributed by atoms with van der Waals surface area (Å²) in [6, 6.07) is 6.66. The van der Waals surface area contributed by atoms with Gasteiger partial charge in [0.2, 0.25) is 0 Å². The van der Waals surface area contributed by atoms with Crippen molar-refractivity contribution in [3.8, 4) is 0 Å². The van der Waals surface area contributed by atoms with Crippen LogP contribution in [-0.4, -0.2) is 39.8 Å². The zero-order chi connectivity index (χ0) is 14.4. The molecule has 0 aliphatic carbocycles. The molecular weight excluding hydrogens is 246 g/mol. The van der Waals surface area contributed by atoms with Crippen molar-refractivity contribution in [2.24, 2.45) is 0 Å². The summed E-state index contributed by atoms with van der Waals surface area (Å²) in [5.41, 5.74) is 0.855. The lowest BCUT2D eigenvalue weighted by atomic mass is 10.1. The second-order valence-electron chi connectivity index (χ2n) is 4.06. The van der Waals surface area contributed by atoms with Gasteiger partial charge < -0.3 is 10.2 Å². The number of carbonyl (C=O) groups is 2. The van der Waals surface area contributed by atoms with Crippen LogP contribution in [0.1, 0.15) is 29.8 Å². The molecule has 1 aromatic carbocycles. The quantitative estimate of drug-likeness (QED) is 0.472. The average molecular weight is 263 g/mol. The molecule has 5 nitrogen and oxygen atoms in total. The Morgan fingerprint density at radius 1 is 1.21 bits per heavy atom. The number of hydrogen-bond donors (Lipinski definition) is 2. The molecule has 2 unspecified atom stereocenters. The second-order valence-corrected chi connectivity index (χ2v) is 4.06. The monoisotopic (exact) mass is 263 g/mol. The lowest BCUT2D eigenvalue weighted by Crippen LogP contribution is -2.44. The van der Waals surface area contributed by atoms with Gasteiger partial charge in [-0.25, -0.2) is 0 Å². The third-order valence-electron chi connectivity index (χ3n) is 2.59. The van der Waals surface area contributed by atoms with Gasteiger partial charge in [0.05, 0.1) is 0 Å². The Morgan fingerprint density at radius 2 is 1.79 bits per heavy atom. The lowest BCUT2D eigenvalue weighted by molar-refractivity contribution is -0.104. The first-order valence-electron chi connectivity index (χ1n) is 5.88. The summed E-state index contributed by atoms with van der Waals surface area (Å²) in [4.78, 5) is 23.6. The predicted octanol–water partition coefficient (Wildman–Crippen LogP) is 1.02. The Labute approximate surface area is 111 Å². The van der Waals surface area contributed by atoms with E-state index >= 15 is 0 Å². The maximum absolute atomic E-state index is 12.3. The summed E-state index contributed by atoms with van der Waals surface area (Å²) < 4.78 is 0. The van der Waals surface area contributed by atoms with E-state index in [9.17, 15) is 19.8 Å². The van der Waals surface area contributed by atoms with Crippen molar-refractivity contribution in [2.45, 2.75) is 26.3 Å². The summed E-state index contributed by atoms with van der Waals surface area (Å²) in [6.45, 7) is 2.79. The second kappa shape index (κ2) is 6.82. The van der Waals surface area contributed by atoms with Crippen molar-refractivity contribution in [3.05, 3.63) is 41.5 Å². The van der Waals surface area contributed by atoms with E-state index < -0.39 is 18.4 Å². The van der Waals surface area contributed by atoms with E-state index in [0.717, 1.165) is 4.90 Å². The molecule has 1 amide bonds. The third-order valence-corrected chi connectivity index (χ3v) is 2.59. The number of amides is 1. The topological polar surface area (TPSA) is 77.8 Å². The van der Waals surface area contributed by atoms with Gasteiger partial charge in [-0.2, -0.15) is 0 Å². The number of allylic oxidation sites excluding steroid dienone is 1. The van der Waals surface area contributed by atoms with Gasteiger partial charge in [0, 0.05) is 5.56 Å². The molecule has 0 aliphatic heterocycles. The minimum atomic E-state index is -1.12. The maximum atomic E-state index is 12.3. The molecule has 1 rings (SSSR count). The maximum Gasteiger partial charge on any atom is 0.258 e. The molecule has 0 aliphatic rings. The van der Waals surface area contributed by atoms with Crippen molar-refractivity contribution < 1.29 is 19.8 Å². The summed E-state index contributed by atoms with van der Waals surface area (Å²) >= 11 is 0. The summed E-state index contributed by atoms with van der Waals surface area (Å²) in [6.07, 6.45) is 1.16. The van der Waals surface area contributed by atoms with E-state index in [4.69, 9.17) is 0 Å². The van der Waals surface area contributed by atoms with Gasteiger partial charge in [-0.1, -0.05) is 24.3 Å². The number of nitrogens with zero attached hydrogens (tertiary/aromatic N) is 1. The molecule has 0 radical (unpaired) electrons. The van der Waals surface area contributed by atoms with Gasteiger partial charge in [0.25, 0.3) is 5.91 Å². The predicted molar refractivity (Wildman–Crippen MR) is 71.1 cm³/mol. The highest BCUT2D eigenvalue weighted by molar-refractivity contribution is 5.98. The molecule has 1 aromatic rings. The fraction of sp³-hybridized carbons (Fsp3) is 0.286. The first-order valence-corrected chi connectivity index (χ1v) is 5.88. The first-order chi connectivity index (χ1) is 8.99. The average Bonchev–Trinajstić information content (AvgIpc) is 2.35. The van der Waals surface area contributed by atoms with Crippen LogP contribution in [0.5, 0.6) is 0 Å². The largest absolute Gasteiger partial charge is 0.374 e. The molecule has 102 valence electrons. The first kappa shape index (κ1) is 15.1. The van der Waals surface area contributed by atoms with Gasteiger partial charge in [-0.15, -0.1) is 0 Å². The summed E-state index contributed by atoms with van der Waals surface area (Å²) in [5, 5.41) is 19.1. The Hall–Kier alpha value is -1.98. The Kier molecular flexibility index (Phi) is 5.41. The van der Waals surface area contributed by atoms with Crippen molar-refractivity contribution in [1.82, 2.24) is 4.90 Å². The van der Waals surface area contributed by atoms with Gasteiger partial charge >= 0.3 is 0 Å². The van der Waals surface area contributed by atoms with Crippen LogP contribution >= 0.6 is 0 Å². The number of carbonyl (C=O) groups excluding carboxylic acids is 2. The zero-order valence-corrected chi connectivity index (χ0v) is 10.9. The summed E-state index contributed by atoms with van der Waals surface area (Å²) in [5.74, 6) is -0.504. The van der Waals surface area contributed by atoms with Crippen LogP contribution in [0.25, 0.3) is 6.08 Å². The van der Waals surface area contributed by atoms with E-state index in [2.05, 4.69) is 0 Å². The highest BCUT2D eigenvalue weighted by Gasteiger charge is 2.25. The molecule has 0 saturated heterocycles. The van der Waals surface area contributed by atoms with E-state index in [1.165, 1.54) is 26.0 Å². The fourth-order valence-electron chi connectivity index (χ4n) is 1.77. The van der Waals surface area contributed by atoms with Crippen molar-refractivity contribution in [1.29, 1.82) is 0 Å². The van der Waals surface area contributed by atoms with Crippen molar-refractivity contribution in [2.75, 3.05) is 0 Å². The van der Waals surface area contributed by atoms with Crippen LogP contribution in [0.4, 0.5) is 0 Å². The molecule has 0 spiro atoms. The van der Waals surface area contributed by atoms with E-state index in [0.29, 0.717) is 17.4 Å². The molecule has 0 bridgehead atoms. The smallest absolute Gasteiger partial charge is 0.258 e. The molecule has 0 heterocycles. The Bertz CT molecular complexity index is 472. The standard InChI is InChI=1S/C14H17NO4/c1-10(17)15(11(2)18)14(19)13-8-4-3-6-12(13)7-5-9-16/h3-11,17-18H,1-2H3/b7-5+. The highest BCUT2D eigenvalue weighted by Crippen LogP contribution is 2.16. The molecule has 5 heteroatoms.